The van der Waals surface area contributed by atoms with Gasteiger partial charge >= 0.3 is 11.9 Å². The molecular formula is C29H53NO5. The largest absolute Gasteiger partial charge is 0.462 e. The molecule has 0 bridgehead atoms. The van der Waals surface area contributed by atoms with E-state index in [4.69, 9.17) is 15.2 Å². The second-order valence-electron chi connectivity index (χ2n) is 10.9. The summed E-state index contributed by atoms with van der Waals surface area (Å²) >= 11 is 0. The third-order valence-electron chi connectivity index (χ3n) is 7.33. The molecule has 0 saturated carbocycles. The van der Waals surface area contributed by atoms with Crippen molar-refractivity contribution < 1.29 is 23.9 Å². The van der Waals surface area contributed by atoms with Gasteiger partial charge in [0.2, 0.25) is 5.91 Å². The Morgan fingerprint density at radius 2 is 1.31 bits per heavy atom. The molecule has 0 aromatic rings. The van der Waals surface area contributed by atoms with Crippen LogP contribution >= 0.6 is 0 Å². The van der Waals surface area contributed by atoms with Gasteiger partial charge in [-0.1, -0.05) is 111 Å². The van der Waals surface area contributed by atoms with E-state index < -0.39 is 17.8 Å². The summed E-state index contributed by atoms with van der Waals surface area (Å²) in [6.07, 6.45) is 20.1. The lowest BCUT2D eigenvalue weighted by molar-refractivity contribution is -0.187. The standard InChI is InChI=1S/C29H53NO5/c1-5-6-7-8-9-10-11-12-13-14-15-16-17-18-19-20-24(21-25-23(4)28(32)35-25)34-29(33)26(22(2)3)27(30)31/h22-26H,5-21H2,1-4H3,(H2,30,31)/t23-,24+,25-,26+/m1/s1. The minimum atomic E-state index is -0.945. The molecule has 1 aliphatic heterocycles. The van der Waals surface area contributed by atoms with Crippen LogP contribution in [0, 0.1) is 17.8 Å². The Labute approximate surface area is 214 Å². The Bertz CT molecular complexity index is 606. The fourth-order valence-corrected chi connectivity index (χ4v) is 4.87. The zero-order chi connectivity index (χ0) is 26.1. The minimum absolute atomic E-state index is 0.172. The quantitative estimate of drug-likeness (QED) is 0.100. The predicted octanol–water partition coefficient (Wildman–Crippen LogP) is 6.87. The van der Waals surface area contributed by atoms with Gasteiger partial charge in [0.1, 0.15) is 18.1 Å². The van der Waals surface area contributed by atoms with Gasteiger partial charge in [-0.2, -0.15) is 0 Å². The molecule has 1 amide bonds. The topological polar surface area (TPSA) is 95.7 Å². The number of ether oxygens (including phenoxy) is 2. The predicted molar refractivity (Wildman–Crippen MR) is 141 cm³/mol. The van der Waals surface area contributed by atoms with Gasteiger partial charge in [-0.15, -0.1) is 0 Å². The van der Waals surface area contributed by atoms with E-state index in [9.17, 15) is 14.4 Å². The van der Waals surface area contributed by atoms with Crippen molar-refractivity contribution in [1.82, 2.24) is 0 Å². The zero-order valence-electron chi connectivity index (χ0n) is 23.0. The summed E-state index contributed by atoms with van der Waals surface area (Å²) in [6, 6.07) is 0. The second kappa shape index (κ2) is 18.6. The number of amides is 1. The molecule has 0 unspecified atom stereocenters. The molecule has 1 rings (SSSR count). The third-order valence-corrected chi connectivity index (χ3v) is 7.33. The number of hydrogen-bond acceptors (Lipinski definition) is 5. The molecule has 4 atom stereocenters. The number of nitrogens with two attached hydrogens (primary N) is 1. The first-order valence-corrected chi connectivity index (χ1v) is 14.5. The van der Waals surface area contributed by atoms with Gasteiger partial charge in [0.05, 0.1) is 5.92 Å². The maximum absolute atomic E-state index is 12.6. The first-order valence-electron chi connectivity index (χ1n) is 14.5. The first kappa shape index (κ1) is 31.4. The number of carbonyl (C=O) groups excluding carboxylic acids is 3. The van der Waals surface area contributed by atoms with Crippen molar-refractivity contribution in [3.63, 3.8) is 0 Å². The van der Waals surface area contributed by atoms with Crippen LogP contribution in [0.1, 0.15) is 137 Å². The summed E-state index contributed by atoms with van der Waals surface area (Å²) in [5.41, 5.74) is 5.42. The van der Waals surface area contributed by atoms with E-state index in [0.717, 1.165) is 12.8 Å². The zero-order valence-corrected chi connectivity index (χ0v) is 23.0. The Balaban J connectivity index is 2.20. The highest BCUT2D eigenvalue weighted by atomic mass is 16.6. The van der Waals surface area contributed by atoms with E-state index in [1.807, 2.05) is 6.92 Å². The Hall–Kier alpha value is -1.59. The fourth-order valence-electron chi connectivity index (χ4n) is 4.87. The van der Waals surface area contributed by atoms with E-state index in [0.29, 0.717) is 12.8 Å². The molecule has 35 heavy (non-hydrogen) atoms. The van der Waals surface area contributed by atoms with Crippen molar-refractivity contribution >= 4 is 17.8 Å². The van der Waals surface area contributed by atoms with Crippen LogP contribution in [-0.2, 0) is 23.9 Å². The van der Waals surface area contributed by atoms with Crippen LogP contribution in [0.15, 0.2) is 0 Å². The van der Waals surface area contributed by atoms with Gasteiger partial charge in [-0.3, -0.25) is 14.4 Å². The smallest absolute Gasteiger partial charge is 0.319 e. The monoisotopic (exact) mass is 495 g/mol. The fraction of sp³-hybridized carbons (Fsp3) is 0.897. The third kappa shape index (κ3) is 13.3. The molecule has 6 heteroatoms. The van der Waals surface area contributed by atoms with E-state index in [2.05, 4.69) is 6.92 Å². The Kier molecular flexibility index (Phi) is 16.8. The molecule has 2 N–H and O–H groups in total. The average molecular weight is 496 g/mol. The lowest BCUT2D eigenvalue weighted by atomic mass is 9.91. The number of carbonyl (C=O) groups is 3. The normalized spacial score (nSPS) is 19.2. The maximum atomic E-state index is 12.6. The summed E-state index contributed by atoms with van der Waals surface area (Å²) in [6.45, 7) is 7.68. The van der Waals surface area contributed by atoms with Gasteiger partial charge in [0.15, 0.2) is 0 Å². The molecule has 0 aliphatic carbocycles. The van der Waals surface area contributed by atoms with Gasteiger partial charge in [-0.25, -0.2) is 0 Å². The lowest BCUT2D eigenvalue weighted by Gasteiger charge is -2.35. The van der Waals surface area contributed by atoms with Crippen molar-refractivity contribution in [2.24, 2.45) is 23.5 Å². The van der Waals surface area contributed by atoms with Crippen molar-refractivity contribution in [2.75, 3.05) is 0 Å². The van der Waals surface area contributed by atoms with E-state index in [1.54, 1.807) is 13.8 Å². The molecular weight excluding hydrogens is 442 g/mol. The van der Waals surface area contributed by atoms with Gasteiger partial charge < -0.3 is 15.2 Å². The summed E-state index contributed by atoms with van der Waals surface area (Å²) < 4.78 is 10.9. The van der Waals surface area contributed by atoms with Crippen LogP contribution in [0.4, 0.5) is 0 Å². The highest BCUT2D eigenvalue weighted by Crippen LogP contribution is 2.29. The van der Waals surface area contributed by atoms with Crippen LogP contribution in [0.2, 0.25) is 0 Å². The maximum Gasteiger partial charge on any atom is 0.319 e. The van der Waals surface area contributed by atoms with Crippen LogP contribution in [0.5, 0.6) is 0 Å². The van der Waals surface area contributed by atoms with Crippen LogP contribution < -0.4 is 5.73 Å². The van der Waals surface area contributed by atoms with E-state index in [-0.39, 0.29) is 30.0 Å². The van der Waals surface area contributed by atoms with E-state index >= 15 is 0 Å². The summed E-state index contributed by atoms with van der Waals surface area (Å²) in [4.78, 5) is 35.8. The molecule has 0 aromatic carbocycles. The number of esters is 2. The molecule has 204 valence electrons. The molecule has 6 nitrogen and oxygen atoms in total. The van der Waals surface area contributed by atoms with Crippen molar-refractivity contribution in [3.8, 4) is 0 Å². The van der Waals surface area contributed by atoms with Crippen LogP contribution in [0.25, 0.3) is 0 Å². The molecule has 0 aromatic heterocycles. The highest BCUT2D eigenvalue weighted by Gasteiger charge is 2.41. The van der Waals surface area contributed by atoms with Gasteiger partial charge in [0, 0.05) is 6.42 Å². The number of cyclic esters (lactones) is 1. The molecule has 0 radical (unpaired) electrons. The SMILES string of the molecule is CCCCCCCCCCCCCCCCC[C@@H](C[C@H]1OC(=O)[C@@H]1C)OC(=O)[C@H](C(N)=O)C(C)C. The highest BCUT2D eigenvalue weighted by molar-refractivity contribution is 5.97. The van der Waals surface area contributed by atoms with E-state index in [1.165, 1.54) is 83.5 Å². The lowest BCUT2D eigenvalue weighted by Crippen LogP contribution is -2.46. The second-order valence-corrected chi connectivity index (χ2v) is 10.9. The van der Waals surface area contributed by atoms with Crippen molar-refractivity contribution in [3.05, 3.63) is 0 Å². The summed E-state index contributed by atoms with van der Waals surface area (Å²) in [7, 11) is 0. The molecule has 1 fully saturated rings. The van der Waals surface area contributed by atoms with Gasteiger partial charge in [0.25, 0.3) is 0 Å². The Morgan fingerprint density at radius 3 is 1.69 bits per heavy atom. The first-order chi connectivity index (χ1) is 16.8. The van der Waals surface area contributed by atoms with Crippen molar-refractivity contribution in [2.45, 2.75) is 149 Å². The number of rotatable bonds is 22. The number of hydrogen-bond donors (Lipinski definition) is 1. The van der Waals surface area contributed by atoms with Crippen LogP contribution in [0.3, 0.4) is 0 Å². The summed E-state index contributed by atoms with van der Waals surface area (Å²) in [5.74, 6) is -2.75. The molecule has 0 spiro atoms. The number of primary amides is 1. The molecule has 1 heterocycles. The average Bonchev–Trinajstić information content (AvgIpc) is 2.80. The molecule has 1 aliphatic rings. The van der Waals surface area contributed by atoms with Crippen molar-refractivity contribution in [1.29, 1.82) is 0 Å². The summed E-state index contributed by atoms with van der Waals surface area (Å²) in [5, 5.41) is 0. The van der Waals surface area contributed by atoms with Gasteiger partial charge in [-0.05, 0) is 25.7 Å². The molecule has 1 saturated heterocycles. The number of unbranched alkanes of at least 4 members (excludes halogenated alkanes) is 14. The minimum Gasteiger partial charge on any atom is -0.462 e. The van der Waals surface area contributed by atoms with Crippen LogP contribution in [-0.4, -0.2) is 30.1 Å². The Morgan fingerprint density at radius 1 is 0.857 bits per heavy atom.